The number of aromatic nitrogens is 2. The minimum absolute atomic E-state index is 0.623. The first-order chi connectivity index (χ1) is 9.26. The summed E-state index contributed by atoms with van der Waals surface area (Å²) in [4.78, 5) is 15.5. The number of nitrogens with zero attached hydrogens (tertiary/aromatic N) is 2. The molecule has 3 nitrogen and oxygen atoms in total. The first-order valence-electron chi connectivity index (χ1n) is 6.23. The first-order valence-corrected chi connectivity index (χ1v) is 6.23. The highest BCUT2D eigenvalue weighted by Crippen LogP contribution is 2.13. The molecule has 19 heavy (non-hydrogen) atoms. The van der Waals surface area contributed by atoms with Crippen molar-refractivity contribution in [3.63, 3.8) is 0 Å². The van der Waals surface area contributed by atoms with Gasteiger partial charge in [-0.1, -0.05) is 29.8 Å². The highest BCUT2D eigenvalue weighted by Gasteiger charge is 2.06. The van der Waals surface area contributed by atoms with Crippen molar-refractivity contribution in [2.75, 3.05) is 0 Å². The highest BCUT2D eigenvalue weighted by atomic mass is 16.1. The van der Waals surface area contributed by atoms with Gasteiger partial charge in [0.15, 0.2) is 6.29 Å². The fourth-order valence-corrected chi connectivity index (χ4v) is 2.18. The molecule has 2 aromatic heterocycles. The van der Waals surface area contributed by atoms with Crippen LogP contribution in [0.2, 0.25) is 0 Å². The molecule has 0 amide bonds. The van der Waals surface area contributed by atoms with Crippen LogP contribution in [0.5, 0.6) is 0 Å². The van der Waals surface area contributed by atoms with Crippen LogP contribution in [0.4, 0.5) is 0 Å². The summed E-state index contributed by atoms with van der Waals surface area (Å²) in [5.74, 6) is 0. The molecule has 0 spiro atoms. The first kappa shape index (κ1) is 11.7. The van der Waals surface area contributed by atoms with Crippen LogP contribution in [0.1, 0.15) is 27.2 Å². The molecule has 0 N–H and O–H groups in total. The van der Waals surface area contributed by atoms with E-state index in [4.69, 9.17) is 0 Å². The van der Waals surface area contributed by atoms with E-state index in [1.54, 1.807) is 6.07 Å². The maximum absolute atomic E-state index is 11.0. The Balaban J connectivity index is 1.97. The van der Waals surface area contributed by atoms with Crippen molar-refractivity contribution in [3.05, 3.63) is 71.2 Å². The lowest BCUT2D eigenvalue weighted by Gasteiger charge is -1.98. The fourth-order valence-electron chi connectivity index (χ4n) is 2.18. The van der Waals surface area contributed by atoms with Crippen molar-refractivity contribution >= 4 is 11.9 Å². The summed E-state index contributed by atoms with van der Waals surface area (Å²) >= 11 is 0. The Kier molecular flexibility index (Phi) is 2.88. The van der Waals surface area contributed by atoms with Crippen LogP contribution in [0.15, 0.2) is 48.8 Å². The Morgan fingerprint density at radius 3 is 2.74 bits per heavy atom. The van der Waals surface area contributed by atoms with Crippen LogP contribution in [0, 0.1) is 6.92 Å². The SMILES string of the molecule is Cc1ccc(Cc2cn3cccc(C=O)c3n2)cc1. The topological polar surface area (TPSA) is 34.4 Å². The molecule has 0 atom stereocenters. The molecule has 0 unspecified atom stereocenters. The number of aldehydes is 1. The molecule has 0 aliphatic rings. The average Bonchev–Trinajstić information content (AvgIpc) is 2.83. The molecule has 2 heterocycles. The van der Waals surface area contributed by atoms with Gasteiger partial charge in [0, 0.05) is 18.8 Å². The molecule has 3 heteroatoms. The number of aryl methyl sites for hydroxylation is 1. The lowest BCUT2D eigenvalue weighted by atomic mass is 10.1. The summed E-state index contributed by atoms with van der Waals surface area (Å²) < 4.78 is 1.90. The smallest absolute Gasteiger partial charge is 0.153 e. The van der Waals surface area contributed by atoms with Gasteiger partial charge in [0.25, 0.3) is 0 Å². The van der Waals surface area contributed by atoms with E-state index in [0.717, 1.165) is 24.0 Å². The largest absolute Gasteiger partial charge is 0.306 e. The maximum atomic E-state index is 11.0. The van der Waals surface area contributed by atoms with Gasteiger partial charge in [0.1, 0.15) is 5.65 Å². The number of imidazole rings is 1. The van der Waals surface area contributed by atoms with Crippen molar-refractivity contribution in [2.24, 2.45) is 0 Å². The molecule has 0 radical (unpaired) electrons. The second-order valence-corrected chi connectivity index (χ2v) is 4.71. The van der Waals surface area contributed by atoms with Crippen molar-refractivity contribution in [3.8, 4) is 0 Å². The third-order valence-electron chi connectivity index (χ3n) is 3.20. The van der Waals surface area contributed by atoms with Gasteiger partial charge in [-0.05, 0) is 24.6 Å². The van der Waals surface area contributed by atoms with Crippen LogP contribution in [0.3, 0.4) is 0 Å². The van der Waals surface area contributed by atoms with E-state index < -0.39 is 0 Å². The van der Waals surface area contributed by atoms with E-state index in [9.17, 15) is 4.79 Å². The van der Waals surface area contributed by atoms with Gasteiger partial charge in [-0.25, -0.2) is 4.98 Å². The molecule has 0 saturated heterocycles. The Morgan fingerprint density at radius 1 is 1.21 bits per heavy atom. The standard InChI is InChI=1S/C16H14N2O/c1-12-4-6-13(7-5-12)9-15-10-18-8-2-3-14(11-19)16(18)17-15/h2-8,10-11H,9H2,1H3. The van der Waals surface area contributed by atoms with Crippen LogP contribution in [-0.4, -0.2) is 15.7 Å². The molecular weight excluding hydrogens is 236 g/mol. The molecule has 94 valence electrons. The van der Waals surface area contributed by atoms with Gasteiger partial charge in [-0.15, -0.1) is 0 Å². The molecule has 3 rings (SSSR count). The lowest BCUT2D eigenvalue weighted by Crippen LogP contribution is -1.89. The van der Waals surface area contributed by atoms with Crippen LogP contribution in [-0.2, 0) is 6.42 Å². The minimum Gasteiger partial charge on any atom is -0.306 e. The second kappa shape index (κ2) is 4.69. The highest BCUT2D eigenvalue weighted by molar-refractivity contribution is 5.84. The van der Waals surface area contributed by atoms with Crippen LogP contribution >= 0.6 is 0 Å². The molecule has 0 saturated carbocycles. The summed E-state index contributed by atoms with van der Waals surface area (Å²) in [5, 5.41) is 0. The molecule has 1 aromatic carbocycles. The quantitative estimate of drug-likeness (QED) is 0.669. The number of fused-ring (bicyclic) bond motifs is 1. The Bertz CT molecular complexity index is 726. The van der Waals surface area contributed by atoms with E-state index >= 15 is 0 Å². The average molecular weight is 250 g/mol. The van der Waals surface area contributed by atoms with Crippen molar-refractivity contribution < 1.29 is 4.79 Å². The second-order valence-electron chi connectivity index (χ2n) is 4.71. The van der Waals surface area contributed by atoms with Crippen molar-refractivity contribution in [1.82, 2.24) is 9.38 Å². The van der Waals surface area contributed by atoms with E-state index in [1.807, 2.05) is 22.9 Å². The zero-order valence-corrected chi connectivity index (χ0v) is 10.7. The molecule has 3 aromatic rings. The Labute approximate surface area is 111 Å². The predicted molar refractivity (Wildman–Crippen MR) is 74.6 cm³/mol. The molecule has 0 bridgehead atoms. The number of pyridine rings is 1. The number of carbonyl (C=O) groups excluding carboxylic acids is 1. The number of hydrogen-bond acceptors (Lipinski definition) is 2. The predicted octanol–water partition coefficient (Wildman–Crippen LogP) is 3.05. The monoisotopic (exact) mass is 250 g/mol. The zero-order chi connectivity index (χ0) is 13.2. The van der Waals surface area contributed by atoms with E-state index in [2.05, 4.69) is 36.2 Å². The molecule has 0 aliphatic carbocycles. The third kappa shape index (κ3) is 2.27. The molecular formula is C16H14N2O. The Hall–Kier alpha value is -2.42. The van der Waals surface area contributed by atoms with Gasteiger partial charge < -0.3 is 4.40 Å². The van der Waals surface area contributed by atoms with Gasteiger partial charge in [0.05, 0.1) is 11.3 Å². The van der Waals surface area contributed by atoms with E-state index in [0.29, 0.717) is 5.56 Å². The summed E-state index contributed by atoms with van der Waals surface area (Å²) in [6, 6.07) is 12.1. The van der Waals surface area contributed by atoms with E-state index in [-0.39, 0.29) is 0 Å². The summed E-state index contributed by atoms with van der Waals surface area (Å²) in [6.45, 7) is 2.07. The maximum Gasteiger partial charge on any atom is 0.153 e. The van der Waals surface area contributed by atoms with Crippen LogP contribution in [0.25, 0.3) is 5.65 Å². The minimum atomic E-state index is 0.623. The van der Waals surface area contributed by atoms with Crippen molar-refractivity contribution in [2.45, 2.75) is 13.3 Å². The summed E-state index contributed by atoms with van der Waals surface area (Å²) in [6.07, 6.45) is 5.51. The zero-order valence-electron chi connectivity index (χ0n) is 10.7. The number of rotatable bonds is 3. The van der Waals surface area contributed by atoms with Gasteiger partial charge in [0.2, 0.25) is 0 Å². The number of carbonyl (C=O) groups is 1. The number of hydrogen-bond donors (Lipinski definition) is 0. The third-order valence-corrected chi connectivity index (χ3v) is 3.20. The normalized spacial score (nSPS) is 10.8. The number of benzene rings is 1. The van der Waals surface area contributed by atoms with Crippen LogP contribution < -0.4 is 0 Å². The van der Waals surface area contributed by atoms with Gasteiger partial charge in [-0.3, -0.25) is 4.79 Å². The summed E-state index contributed by atoms with van der Waals surface area (Å²) in [5.41, 5.74) is 4.79. The van der Waals surface area contributed by atoms with E-state index in [1.165, 1.54) is 11.1 Å². The summed E-state index contributed by atoms with van der Waals surface area (Å²) in [7, 11) is 0. The molecule has 0 aliphatic heterocycles. The van der Waals surface area contributed by atoms with Gasteiger partial charge >= 0.3 is 0 Å². The fraction of sp³-hybridized carbons (Fsp3) is 0.125. The van der Waals surface area contributed by atoms with Crippen molar-refractivity contribution in [1.29, 1.82) is 0 Å². The Morgan fingerprint density at radius 2 is 2.00 bits per heavy atom. The lowest BCUT2D eigenvalue weighted by molar-refractivity contribution is 0.112. The molecule has 0 fully saturated rings. The van der Waals surface area contributed by atoms with Gasteiger partial charge in [-0.2, -0.15) is 0 Å².